The number of carbonyl (C=O) groups is 4. The number of halogens is 1. The maximum absolute atomic E-state index is 13.6. The van der Waals surface area contributed by atoms with Gasteiger partial charge in [0, 0.05) is 5.69 Å². The number of amides is 4. The number of nitrogens with one attached hydrogen (secondary N) is 2. The molecule has 1 saturated carbocycles. The third-order valence-electron chi connectivity index (χ3n) is 5.36. The van der Waals surface area contributed by atoms with E-state index in [4.69, 9.17) is 4.74 Å². The van der Waals surface area contributed by atoms with Gasteiger partial charge in [0.2, 0.25) is 0 Å². The second-order valence-electron chi connectivity index (χ2n) is 7.55. The lowest BCUT2D eigenvalue weighted by atomic mass is 9.82. The number of esters is 1. The molecule has 1 aromatic rings. The first kappa shape index (κ1) is 20.8. The van der Waals surface area contributed by atoms with Gasteiger partial charge in [-0.15, -0.1) is 0 Å². The average molecular weight is 405 g/mol. The van der Waals surface area contributed by atoms with Crippen LogP contribution in [0.5, 0.6) is 0 Å². The molecule has 2 fully saturated rings. The van der Waals surface area contributed by atoms with Gasteiger partial charge in [-0.05, 0) is 44.4 Å². The van der Waals surface area contributed by atoms with E-state index in [1.807, 2.05) is 0 Å². The average Bonchev–Trinajstić information content (AvgIpc) is 2.89. The fourth-order valence-electron chi connectivity index (χ4n) is 3.65. The number of hydrogen-bond donors (Lipinski definition) is 2. The van der Waals surface area contributed by atoms with Gasteiger partial charge in [-0.3, -0.25) is 19.3 Å². The first-order valence-corrected chi connectivity index (χ1v) is 9.62. The van der Waals surface area contributed by atoms with Crippen LogP contribution in [0.15, 0.2) is 18.2 Å². The largest absolute Gasteiger partial charge is 0.451 e. The monoisotopic (exact) mass is 405 g/mol. The van der Waals surface area contributed by atoms with Crippen molar-refractivity contribution in [1.29, 1.82) is 0 Å². The van der Waals surface area contributed by atoms with E-state index in [9.17, 15) is 23.6 Å². The molecule has 0 aromatic heterocycles. The maximum atomic E-state index is 13.6. The van der Waals surface area contributed by atoms with E-state index in [2.05, 4.69) is 10.6 Å². The summed E-state index contributed by atoms with van der Waals surface area (Å²) >= 11 is 0. The van der Waals surface area contributed by atoms with Crippen molar-refractivity contribution >= 4 is 29.5 Å². The highest BCUT2D eigenvalue weighted by Crippen LogP contribution is 2.33. The van der Waals surface area contributed by atoms with E-state index in [0.717, 1.165) is 24.2 Å². The molecule has 4 amide bonds. The zero-order chi connectivity index (χ0) is 21.2. The second-order valence-corrected chi connectivity index (χ2v) is 7.55. The molecule has 1 unspecified atom stereocenters. The maximum Gasteiger partial charge on any atom is 0.327 e. The Kier molecular flexibility index (Phi) is 5.86. The molecule has 0 radical (unpaired) electrons. The first-order valence-electron chi connectivity index (χ1n) is 9.62. The van der Waals surface area contributed by atoms with Crippen LogP contribution in [0.1, 0.15) is 44.6 Å². The van der Waals surface area contributed by atoms with Crippen molar-refractivity contribution in [2.24, 2.45) is 0 Å². The fraction of sp³-hybridized carbons (Fsp3) is 0.500. The molecule has 1 atom stereocenters. The molecule has 2 N–H and O–H groups in total. The Labute approximate surface area is 167 Å². The minimum atomic E-state index is -1.18. The summed E-state index contributed by atoms with van der Waals surface area (Å²) in [6.07, 6.45) is 2.59. The van der Waals surface area contributed by atoms with Gasteiger partial charge in [-0.1, -0.05) is 25.3 Å². The number of anilines is 1. The predicted octanol–water partition coefficient (Wildman–Crippen LogP) is 2.26. The smallest absolute Gasteiger partial charge is 0.327 e. The number of imide groups is 1. The molecule has 1 spiro atoms. The van der Waals surface area contributed by atoms with Crippen molar-refractivity contribution in [3.05, 3.63) is 29.6 Å². The molecule has 29 heavy (non-hydrogen) atoms. The SMILES string of the molecule is Cc1ccc(NC(=O)C(C)OC(=O)CN2C(=O)NC3(CCCCC3)C2=O)cc1F. The van der Waals surface area contributed by atoms with Gasteiger partial charge in [0.05, 0.1) is 0 Å². The van der Waals surface area contributed by atoms with Gasteiger partial charge >= 0.3 is 12.0 Å². The van der Waals surface area contributed by atoms with E-state index in [0.29, 0.717) is 18.4 Å². The van der Waals surface area contributed by atoms with Crippen molar-refractivity contribution in [1.82, 2.24) is 10.2 Å². The van der Waals surface area contributed by atoms with E-state index in [-0.39, 0.29) is 5.69 Å². The summed E-state index contributed by atoms with van der Waals surface area (Å²) in [4.78, 5) is 50.1. The molecule has 156 valence electrons. The van der Waals surface area contributed by atoms with Gasteiger partial charge in [0.1, 0.15) is 17.9 Å². The lowest BCUT2D eigenvalue weighted by Crippen LogP contribution is -2.48. The zero-order valence-corrected chi connectivity index (χ0v) is 16.4. The Hall–Kier alpha value is -2.97. The number of carbonyl (C=O) groups excluding carboxylic acids is 4. The molecule has 0 bridgehead atoms. The number of rotatable bonds is 5. The number of ether oxygens (including phenoxy) is 1. The summed E-state index contributed by atoms with van der Waals surface area (Å²) in [5.74, 6) is -2.42. The van der Waals surface area contributed by atoms with Crippen molar-refractivity contribution in [3.63, 3.8) is 0 Å². The third-order valence-corrected chi connectivity index (χ3v) is 5.36. The van der Waals surface area contributed by atoms with Gasteiger partial charge < -0.3 is 15.4 Å². The van der Waals surface area contributed by atoms with E-state index < -0.39 is 47.8 Å². The Morgan fingerprint density at radius 2 is 1.97 bits per heavy atom. The molecule has 1 saturated heterocycles. The summed E-state index contributed by atoms with van der Waals surface area (Å²) in [5.41, 5.74) is -0.255. The highest BCUT2D eigenvalue weighted by Gasteiger charge is 2.51. The molecule has 2 aliphatic rings. The molecular weight excluding hydrogens is 381 g/mol. The number of urea groups is 1. The van der Waals surface area contributed by atoms with Crippen LogP contribution < -0.4 is 10.6 Å². The van der Waals surface area contributed by atoms with Crippen molar-refractivity contribution in [3.8, 4) is 0 Å². The summed E-state index contributed by atoms with van der Waals surface area (Å²) in [6.45, 7) is 2.38. The fourth-order valence-corrected chi connectivity index (χ4v) is 3.65. The van der Waals surface area contributed by atoms with E-state index >= 15 is 0 Å². The third kappa shape index (κ3) is 4.38. The van der Waals surface area contributed by atoms with Crippen LogP contribution in [-0.4, -0.2) is 46.9 Å². The summed E-state index contributed by atoms with van der Waals surface area (Å²) in [7, 11) is 0. The predicted molar refractivity (Wildman–Crippen MR) is 101 cm³/mol. The van der Waals surface area contributed by atoms with Crippen LogP contribution >= 0.6 is 0 Å². The number of benzene rings is 1. The number of aryl methyl sites for hydroxylation is 1. The van der Waals surface area contributed by atoms with Crippen LogP contribution in [0.4, 0.5) is 14.9 Å². The molecule has 8 nitrogen and oxygen atoms in total. The quantitative estimate of drug-likeness (QED) is 0.578. The second kappa shape index (κ2) is 8.18. The van der Waals surface area contributed by atoms with Crippen LogP contribution in [0.3, 0.4) is 0 Å². The molecule has 9 heteroatoms. The highest BCUT2D eigenvalue weighted by molar-refractivity contribution is 6.08. The Morgan fingerprint density at radius 3 is 2.62 bits per heavy atom. The van der Waals surface area contributed by atoms with Crippen LogP contribution in [0.2, 0.25) is 0 Å². The van der Waals surface area contributed by atoms with Crippen molar-refractivity contribution in [2.75, 3.05) is 11.9 Å². The van der Waals surface area contributed by atoms with E-state index in [1.54, 1.807) is 6.92 Å². The lowest BCUT2D eigenvalue weighted by molar-refractivity contribution is -0.155. The summed E-state index contributed by atoms with van der Waals surface area (Å²) in [5, 5.41) is 5.16. The topological polar surface area (TPSA) is 105 Å². The Morgan fingerprint density at radius 1 is 1.28 bits per heavy atom. The van der Waals surface area contributed by atoms with Gasteiger partial charge in [-0.25, -0.2) is 9.18 Å². The Bertz CT molecular complexity index is 851. The van der Waals surface area contributed by atoms with Gasteiger partial charge in [-0.2, -0.15) is 0 Å². The normalized spacial score (nSPS) is 19.1. The molecule has 1 aromatic carbocycles. The Balaban J connectivity index is 1.55. The highest BCUT2D eigenvalue weighted by atomic mass is 19.1. The minimum Gasteiger partial charge on any atom is -0.451 e. The van der Waals surface area contributed by atoms with Crippen LogP contribution in [0.25, 0.3) is 0 Å². The molecule has 1 heterocycles. The zero-order valence-electron chi connectivity index (χ0n) is 16.4. The van der Waals surface area contributed by atoms with Gasteiger partial charge in [0.25, 0.3) is 11.8 Å². The van der Waals surface area contributed by atoms with Crippen LogP contribution in [0, 0.1) is 12.7 Å². The van der Waals surface area contributed by atoms with Gasteiger partial charge in [0.15, 0.2) is 6.10 Å². The lowest BCUT2D eigenvalue weighted by Gasteiger charge is -2.30. The molecule has 3 rings (SSSR count). The standard InChI is InChI=1S/C20H24FN3O5/c1-12-6-7-14(10-15(12)21)22-17(26)13(2)29-16(25)11-24-18(27)20(23-19(24)28)8-4-3-5-9-20/h6-7,10,13H,3-5,8-9,11H2,1-2H3,(H,22,26)(H,23,28). The summed E-state index contributed by atoms with van der Waals surface area (Å²) < 4.78 is 18.6. The molecule has 1 aliphatic heterocycles. The van der Waals surface area contributed by atoms with Crippen molar-refractivity contribution in [2.45, 2.75) is 57.6 Å². The van der Waals surface area contributed by atoms with Crippen molar-refractivity contribution < 1.29 is 28.3 Å². The summed E-state index contributed by atoms with van der Waals surface area (Å²) in [6, 6.07) is 3.58. The molecular formula is C20H24FN3O5. The van der Waals surface area contributed by atoms with E-state index in [1.165, 1.54) is 25.1 Å². The minimum absolute atomic E-state index is 0.231. The first-order chi connectivity index (χ1) is 13.7. The number of hydrogen-bond acceptors (Lipinski definition) is 5. The molecule has 1 aliphatic carbocycles. The van der Waals surface area contributed by atoms with Crippen LogP contribution in [-0.2, 0) is 19.1 Å². The number of nitrogens with zero attached hydrogens (tertiary/aromatic N) is 1.